The van der Waals surface area contributed by atoms with E-state index in [-0.39, 0.29) is 11.3 Å². The number of allylic oxidation sites excluding steroid dienone is 1. The molecule has 3 nitrogen and oxygen atoms in total. The van der Waals surface area contributed by atoms with Crippen LogP contribution in [0.3, 0.4) is 0 Å². The molecule has 0 bridgehead atoms. The summed E-state index contributed by atoms with van der Waals surface area (Å²) in [6.07, 6.45) is 8.07. The van der Waals surface area contributed by atoms with Gasteiger partial charge in [0.25, 0.3) is 0 Å². The van der Waals surface area contributed by atoms with Gasteiger partial charge < -0.3 is 9.64 Å². The maximum absolute atomic E-state index is 11.4. The van der Waals surface area contributed by atoms with Crippen molar-refractivity contribution in [2.45, 2.75) is 52.2 Å². The molecule has 4 heteroatoms. The molecule has 1 aliphatic heterocycles. The number of ether oxygens (including phenoxy) is 1. The Morgan fingerprint density at radius 1 is 1.13 bits per heavy atom. The summed E-state index contributed by atoms with van der Waals surface area (Å²) in [5.74, 6) is 0.918. The van der Waals surface area contributed by atoms with Gasteiger partial charge in [0, 0.05) is 6.54 Å². The molecule has 1 unspecified atom stereocenters. The summed E-state index contributed by atoms with van der Waals surface area (Å²) in [5, 5.41) is -0.311. The first-order valence-corrected chi connectivity index (χ1v) is 11.1. The summed E-state index contributed by atoms with van der Waals surface area (Å²) in [5.41, 5.74) is 7.86. The molecule has 0 amide bonds. The lowest BCUT2D eigenvalue weighted by Gasteiger charge is -2.35. The maximum Gasteiger partial charge on any atom is 0.248 e. The number of nitrogens with zero attached hydrogens (tertiary/aromatic N) is 1. The van der Waals surface area contributed by atoms with E-state index >= 15 is 0 Å². The fourth-order valence-electron chi connectivity index (χ4n) is 4.22. The quantitative estimate of drug-likeness (QED) is 0.497. The number of hydrogen-bond donors (Lipinski definition) is 0. The lowest BCUT2D eigenvalue weighted by atomic mass is 9.85. The second-order valence-electron chi connectivity index (χ2n) is 8.17. The standard InChI is InChI=1S/C26H28ClNO2/c1-3-4-19-5-7-20(8-6-19)17-30-23-11-12-24-18(2)22(10-9-21(24)15-23)16-28-14-13-25(28)26(27)29/h5-8,11-15,25H,3-4,9-10,16-17H2,1-2H3. The Bertz CT molecular complexity index is 991. The highest BCUT2D eigenvalue weighted by Crippen LogP contribution is 2.35. The normalized spacial score (nSPS) is 17.6. The van der Waals surface area contributed by atoms with Gasteiger partial charge in [-0.25, -0.2) is 0 Å². The van der Waals surface area contributed by atoms with Gasteiger partial charge in [-0.05, 0) is 95.6 Å². The zero-order valence-corrected chi connectivity index (χ0v) is 18.4. The average molecular weight is 422 g/mol. The molecule has 4 rings (SSSR count). The van der Waals surface area contributed by atoms with E-state index in [4.69, 9.17) is 16.3 Å². The molecule has 2 aromatic rings. The molecule has 0 saturated heterocycles. The van der Waals surface area contributed by atoms with Crippen molar-refractivity contribution >= 4 is 22.4 Å². The van der Waals surface area contributed by atoms with Crippen molar-refractivity contribution in [2.24, 2.45) is 0 Å². The number of hydrogen-bond acceptors (Lipinski definition) is 3. The fourth-order valence-corrected chi connectivity index (χ4v) is 4.42. The Kier molecular flexibility index (Phi) is 6.29. The van der Waals surface area contributed by atoms with Crippen LogP contribution in [0, 0.1) is 0 Å². The minimum Gasteiger partial charge on any atom is -0.489 e. The van der Waals surface area contributed by atoms with Crippen molar-refractivity contribution in [3.8, 4) is 5.75 Å². The first-order valence-electron chi connectivity index (χ1n) is 10.7. The first-order chi connectivity index (χ1) is 14.5. The van der Waals surface area contributed by atoms with Crippen molar-refractivity contribution in [3.05, 3.63) is 82.6 Å². The van der Waals surface area contributed by atoms with E-state index in [0.717, 1.165) is 31.6 Å². The summed E-state index contributed by atoms with van der Waals surface area (Å²) in [6.45, 7) is 5.72. The molecule has 0 saturated carbocycles. The van der Waals surface area contributed by atoms with Crippen LogP contribution in [0.5, 0.6) is 5.75 Å². The molecule has 0 fully saturated rings. The monoisotopic (exact) mass is 421 g/mol. The molecule has 2 aromatic carbocycles. The molecule has 0 spiro atoms. The van der Waals surface area contributed by atoms with Crippen LogP contribution >= 0.6 is 11.6 Å². The van der Waals surface area contributed by atoms with Gasteiger partial charge in [-0.2, -0.15) is 0 Å². The molecule has 2 aliphatic rings. The molecule has 156 valence electrons. The number of aryl methyl sites for hydroxylation is 2. The van der Waals surface area contributed by atoms with Crippen molar-refractivity contribution < 1.29 is 9.53 Å². The van der Waals surface area contributed by atoms with Crippen molar-refractivity contribution in [1.82, 2.24) is 4.90 Å². The van der Waals surface area contributed by atoms with Crippen LogP contribution in [0.2, 0.25) is 0 Å². The highest BCUT2D eigenvalue weighted by Gasteiger charge is 2.28. The minimum atomic E-state index is -0.311. The summed E-state index contributed by atoms with van der Waals surface area (Å²) in [6, 6.07) is 14.8. The van der Waals surface area contributed by atoms with E-state index in [1.807, 2.05) is 17.2 Å². The Morgan fingerprint density at radius 2 is 1.90 bits per heavy atom. The third-order valence-corrected chi connectivity index (χ3v) is 6.32. The van der Waals surface area contributed by atoms with Gasteiger partial charge in [-0.1, -0.05) is 43.7 Å². The molecule has 1 heterocycles. The summed E-state index contributed by atoms with van der Waals surface area (Å²) in [7, 11) is 0. The number of carbonyl (C=O) groups excluding carboxylic acids is 1. The Morgan fingerprint density at radius 3 is 2.57 bits per heavy atom. The molecule has 1 atom stereocenters. The zero-order valence-electron chi connectivity index (χ0n) is 17.7. The van der Waals surface area contributed by atoms with Crippen LogP contribution in [-0.4, -0.2) is 22.7 Å². The second-order valence-corrected chi connectivity index (χ2v) is 8.54. The molecule has 30 heavy (non-hydrogen) atoms. The van der Waals surface area contributed by atoms with Crippen molar-refractivity contribution in [2.75, 3.05) is 6.54 Å². The summed E-state index contributed by atoms with van der Waals surface area (Å²) < 4.78 is 6.07. The van der Waals surface area contributed by atoms with Gasteiger partial charge >= 0.3 is 0 Å². The largest absolute Gasteiger partial charge is 0.489 e. The van der Waals surface area contributed by atoms with Gasteiger partial charge in [0.15, 0.2) is 0 Å². The van der Waals surface area contributed by atoms with Gasteiger partial charge in [-0.15, -0.1) is 0 Å². The van der Waals surface area contributed by atoms with Crippen LogP contribution in [0.15, 0.2) is 60.3 Å². The molecular weight excluding hydrogens is 394 g/mol. The van der Waals surface area contributed by atoms with Crippen LogP contribution in [-0.2, 0) is 24.2 Å². The van der Waals surface area contributed by atoms with E-state index in [1.54, 1.807) is 0 Å². The van der Waals surface area contributed by atoms with Crippen molar-refractivity contribution in [1.29, 1.82) is 0 Å². The van der Waals surface area contributed by atoms with Crippen molar-refractivity contribution in [3.63, 3.8) is 0 Å². The van der Waals surface area contributed by atoms with Gasteiger partial charge in [0.05, 0.1) is 0 Å². The molecule has 0 radical (unpaired) electrons. The van der Waals surface area contributed by atoms with E-state index in [9.17, 15) is 4.79 Å². The van der Waals surface area contributed by atoms with Gasteiger partial charge in [0.1, 0.15) is 18.4 Å². The molecular formula is C26H28ClNO2. The lowest BCUT2D eigenvalue weighted by molar-refractivity contribution is -0.115. The zero-order chi connectivity index (χ0) is 21.1. The SMILES string of the molecule is CCCc1ccc(COc2ccc3c(c2)CCC(CN2C=CC2C(=O)Cl)=C3C)cc1. The summed E-state index contributed by atoms with van der Waals surface area (Å²) >= 11 is 5.66. The number of rotatable bonds is 8. The average Bonchev–Trinajstić information content (AvgIpc) is 2.71. The topological polar surface area (TPSA) is 29.5 Å². The highest BCUT2D eigenvalue weighted by molar-refractivity contribution is 6.65. The molecule has 0 aromatic heterocycles. The summed E-state index contributed by atoms with van der Waals surface area (Å²) in [4.78, 5) is 13.5. The fraction of sp³-hybridized carbons (Fsp3) is 0.346. The minimum absolute atomic E-state index is 0.278. The van der Waals surface area contributed by atoms with Crippen LogP contribution in [0.1, 0.15) is 48.9 Å². The number of carbonyl (C=O) groups is 1. The van der Waals surface area contributed by atoms with E-state index < -0.39 is 0 Å². The predicted molar refractivity (Wildman–Crippen MR) is 123 cm³/mol. The number of fused-ring (bicyclic) bond motifs is 1. The van der Waals surface area contributed by atoms with E-state index in [0.29, 0.717) is 6.61 Å². The van der Waals surface area contributed by atoms with Crippen LogP contribution in [0.25, 0.3) is 5.57 Å². The Labute approximate surface area is 184 Å². The van der Waals surface area contributed by atoms with E-state index in [1.165, 1.54) is 39.8 Å². The second kappa shape index (κ2) is 9.09. The number of benzene rings is 2. The lowest BCUT2D eigenvalue weighted by Crippen LogP contribution is -2.42. The third-order valence-electron chi connectivity index (χ3n) is 6.10. The Hall–Kier alpha value is -2.52. The molecule has 1 aliphatic carbocycles. The van der Waals surface area contributed by atoms with Crippen LogP contribution < -0.4 is 4.74 Å². The first kappa shape index (κ1) is 20.7. The highest BCUT2D eigenvalue weighted by atomic mass is 35.5. The predicted octanol–water partition coefficient (Wildman–Crippen LogP) is 5.90. The molecule has 0 N–H and O–H groups in total. The van der Waals surface area contributed by atoms with E-state index in [2.05, 4.69) is 56.3 Å². The maximum atomic E-state index is 11.4. The Balaban J connectivity index is 1.41. The van der Waals surface area contributed by atoms with Gasteiger partial charge in [0.2, 0.25) is 5.24 Å². The van der Waals surface area contributed by atoms with Crippen LogP contribution in [0.4, 0.5) is 0 Å². The smallest absolute Gasteiger partial charge is 0.248 e. The number of halogens is 1. The van der Waals surface area contributed by atoms with Gasteiger partial charge in [-0.3, -0.25) is 4.79 Å². The third kappa shape index (κ3) is 4.46.